The molecule has 1 aliphatic carbocycles. The number of piperazine rings is 1. The van der Waals surface area contributed by atoms with Gasteiger partial charge in [-0.15, -0.1) is 0 Å². The highest BCUT2D eigenvalue weighted by molar-refractivity contribution is 5.97. The van der Waals surface area contributed by atoms with Crippen LogP contribution in [0.2, 0.25) is 0 Å². The van der Waals surface area contributed by atoms with Gasteiger partial charge in [-0.3, -0.25) is 9.59 Å². The van der Waals surface area contributed by atoms with E-state index in [0.717, 1.165) is 6.42 Å². The van der Waals surface area contributed by atoms with Crippen LogP contribution in [0, 0.1) is 17.3 Å². The van der Waals surface area contributed by atoms with Crippen LogP contribution in [0.25, 0.3) is 0 Å². The van der Waals surface area contributed by atoms with E-state index in [1.54, 1.807) is 0 Å². The normalized spacial score (nSPS) is 33.9. The van der Waals surface area contributed by atoms with Crippen molar-refractivity contribution < 1.29 is 9.59 Å². The molecule has 2 aliphatic rings. The molecule has 0 aromatic heterocycles. The number of nitrogens with zero attached hydrogens (tertiary/aromatic N) is 1. The first-order chi connectivity index (χ1) is 8.66. The Hall–Kier alpha value is -1.06. The van der Waals surface area contributed by atoms with Gasteiger partial charge in [0.1, 0.15) is 12.1 Å². The molecule has 0 aromatic carbocycles. The number of nitrogens with one attached hydrogen (secondary N) is 1. The molecular formula is C15H26N2O2. The van der Waals surface area contributed by atoms with Crippen molar-refractivity contribution in [1.82, 2.24) is 10.2 Å². The number of hydrogen-bond donors (Lipinski definition) is 1. The second-order valence-corrected chi connectivity index (χ2v) is 7.37. The summed E-state index contributed by atoms with van der Waals surface area (Å²) in [6.45, 7) is 12.3. The van der Waals surface area contributed by atoms with E-state index in [4.69, 9.17) is 0 Å². The van der Waals surface area contributed by atoms with Crippen LogP contribution in [0.4, 0.5) is 0 Å². The van der Waals surface area contributed by atoms with E-state index in [-0.39, 0.29) is 47.2 Å². The van der Waals surface area contributed by atoms with E-state index < -0.39 is 0 Å². The molecule has 2 rings (SSSR count). The van der Waals surface area contributed by atoms with Gasteiger partial charge in [0.15, 0.2) is 0 Å². The third-order valence-corrected chi connectivity index (χ3v) is 4.48. The minimum Gasteiger partial charge on any atom is -0.342 e. The van der Waals surface area contributed by atoms with Crippen LogP contribution >= 0.6 is 0 Å². The van der Waals surface area contributed by atoms with Crippen molar-refractivity contribution in [3.8, 4) is 0 Å². The van der Waals surface area contributed by atoms with E-state index in [1.165, 1.54) is 0 Å². The lowest BCUT2D eigenvalue weighted by Crippen LogP contribution is -2.67. The largest absolute Gasteiger partial charge is 0.342 e. The van der Waals surface area contributed by atoms with Gasteiger partial charge < -0.3 is 10.2 Å². The Morgan fingerprint density at radius 1 is 1.16 bits per heavy atom. The number of hydrogen-bond acceptors (Lipinski definition) is 2. The standard InChI is InChI=1S/C15H26N2O2/c1-8(2)11-14(19)17(10-7-15(10,5)6)12(9(3)4)13(18)16-11/h8-12H,7H2,1-6H3,(H,16,18). The van der Waals surface area contributed by atoms with E-state index in [0.29, 0.717) is 0 Å². The van der Waals surface area contributed by atoms with Gasteiger partial charge in [-0.2, -0.15) is 0 Å². The topological polar surface area (TPSA) is 49.4 Å². The van der Waals surface area contributed by atoms with Gasteiger partial charge in [-0.1, -0.05) is 41.5 Å². The van der Waals surface area contributed by atoms with Crippen LogP contribution in [0.1, 0.15) is 48.0 Å². The predicted molar refractivity (Wildman–Crippen MR) is 74.4 cm³/mol. The van der Waals surface area contributed by atoms with E-state index in [9.17, 15) is 9.59 Å². The second kappa shape index (κ2) is 4.50. The highest BCUT2D eigenvalue weighted by Gasteiger charge is 2.57. The summed E-state index contributed by atoms with van der Waals surface area (Å²) in [4.78, 5) is 26.9. The lowest BCUT2D eigenvalue weighted by atomic mass is 9.92. The van der Waals surface area contributed by atoms with E-state index in [2.05, 4.69) is 19.2 Å². The first kappa shape index (κ1) is 14.4. The summed E-state index contributed by atoms with van der Waals surface area (Å²) >= 11 is 0. The first-order valence-corrected chi connectivity index (χ1v) is 7.29. The third-order valence-electron chi connectivity index (χ3n) is 4.48. The van der Waals surface area contributed by atoms with Gasteiger partial charge >= 0.3 is 0 Å². The maximum absolute atomic E-state index is 12.7. The Morgan fingerprint density at radius 2 is 1.68 bits per heavy atom. The molecule has 1 saturated heterocycles. The van der Waals surface area contributed by atoms with Crippen LogP contribution in [0.5, 0.6) is 0 Å². The molecule has 19 heavy (non-hydrogen) atoms. The third kappa shape index (κ3) is 2.37. The fourth-order valence-corrected chi connectivity index (χ4v) is 3.06. The smallest absolute Gasteiger partial charge is 0.246 e. The molecule has 0 radical (unpaired) electrons. The van der Waals surface area contributed by atoms with Crippen molar-refractivity contribution in [3.63, 3.8) is 0 Å². The number of rotatable bonds is 3. The molecule has 1 heterocycles. The Labute approximate surface area is 115 Å². The van der Waals surface area contributed by atoms with Crippen molar-refractivity contribution in [2.24, 2.45) is 17.3 Å². The Kier molecular flexibility index (Phi) is 3.40. The van der Waals surface area contributed by atoms with Crippen molar-refractivity contribution >= 4 is 11.8 Å². The van der Waals surface area contributed by atoms with Crippen molar-refractivity contribution in [2.45, 2.75) is 66.1 Å². The Bertz CT molecular complexity index is 401. The molecule has 1 N–H and O–H groups in total. The maximum Gasteiger partial charge on any atom is 0.246 e. The fraction of sp³-hybridized carbons (Fsp3) is 0.867. The van der Waals surface area contributed by atoms with Gasteiger partial charge in [-0.05, 0) is 23.7 Å². The minimum absolute atomic E-state index is 0.0102. The van der Waals surface area contributed by atoms with Gasteiger partial charge in [0.25, 0.3) is 0 Å². The summed E-state index contributed by atoms with van der Waals surface area (Å²) in [7, 11) is 0. The van der Waals surface area contributed by atoms with Gasteiger partial charge in [-0.25, -0.2) is 0 Å². The van der Waals surface area contributed by atoms with Crippen molar-refractivity contribution in [3.05, 3.63) is 0 Å². The highest BCUT2D eigenvalue weighted by Crippen LogP contribution is 2.50. The average molecular weight is 266 g/mol. The summed E-state index contributed by atoms with van der Waals surface area (Å²) in [5.41, 5.74) is 0.155. The molecule has 2 fully saturated rings. The molecule has 2 amide bonds. The van der Waals surface area contributed by atoms with Crippen molar-refractivity contribution in [2.75, 3.05) is 0 Å². The Balaban J connectivity index is 2.31. The van der Waals surface area contributed by atoms with Crippen LogP contribution < -0.4 is 5.32 Å². The SMILES string of the molecule is CC(C)C1NC(=O)C(C(C)C)N(C2CC2(C)C)C1=O. The zero-order chi connectivity index (χ0) is 14.5. The summed E-state index contributed by atoms with van der Waals surface area (Å²) in [5.74, 6) is 0.391. The molecule has 0 bridgehead atoms. The average Bonchev–Trinajstić information content (AvgIpc) is 2.88. The Morgan fingerprint density at radius 3 is 2.05 bits per heavy atom. The second-order valence-electron chi connectivity index (χ2n) is 7.37. The zero-order valence-corrected chi connectivity index (χ0v) is 12.9. The monoisotopic (exact) mass is 266 g/mol. The molecule has 108 valence electrons. The first-order valence-electron chi connectivity index (χ1n) is 7.29. The van der Waals surface area contributed by atoms with Crippen LogP contribution in [-0.4, -0.2) is 34.8 Å². The molecular weight excluding hydrogens is 240 g/mol. The van der Waals surface area contributed by atoms with Crippen molar-refractivity contribution in [1.29, 1.82) is 0 Å². The van der Waals surface area contributed by atoms with Crippen LogP contribution in [-0.2, 0) is 9.59 Å². The van der Waals surface area contributed by atoms with Crippen LogP contribution in [0.3, 0.4) is 0 Å². The number of amides is 2. The zero-order valence-electron chi connectivity index (χ0n) is 12.9. The summed E-state index contributed by atoms with van der Waals surface area (Å²) in [6.07, 6.45) is 1.00. The quantitative estimate of drug-likeness (QED) is 0.846. The molecule has 3 atom stereocenters. The number of carbonyl (C=O) groups excluding carboxylic acids is 2. The molecule has 0 aromatic rings. The molecule has 4 heteroatoms. The molecule has 1 aliphatic heterocycles. The summed E-state index contributed by atoms with van der Waals surface area (Å²) in [5, 5.41) is 2.91. The van der Waals surface area contributed by atoms with Gasteiger partial charge in [0.05, 0.1) is 0 Å². The molecule has 0 spiro atoms. The number of carbonyl (C=O) groups is 2. The molecule has 1 saturated carbocycles. The molecule has 4 nitrogen and oxygen atoms in total. The predicted octanol–water partition coefficient (Wildman–Crippen LogP) is 1.79. The minimum atomic E-state index is -0.362. The lowest BCUT2D eigenvalue weighted by molar-refractivity contribution is -0.153. The fourth-order valence-electron chi connectivity index (χ4n) is 3.06. The molecule has 3 unspecified atom stereocenters. The van der Waals surface area contributed by atoms with Gasteiger partial charge in [0.2, 0.25) is 11.8 Å². The van der Waals surface area contributed by atoms with Gasteiger partial charge in [0, 0.05) is 6.04 Å². The summed E-state index contributed by atoms with van der Waals surface area (Å²) < 4.78 is 0. The van der Waals surface area contributed by atoms with E-state index in [1.807, 2.05) is 32.6 Å². The van der Waals surface area contributed by atoms with E-state index >= 15 is 0 Å². The highest BCUT2D eigenvalue weighted by atomic mass is 16.2. The maximum atomic E-state index is 12.7. The lowest BCUT2D eigenvalue weighted by Gasteiger charge is -2.43. The van der Waals surface area contributed by atoms with Crippen LogP contribution in [0.15, 0.2) is 0 Å². The summed E-state index contributed by atoms with van der Waals surface area (Å²) in [6, 6.07) is -0.451.